The van der Waals surface area contributed by atoms with E-state index in [2.05, 4.69) is 15.3 Å². The summed E-state index contributed by atoms with van der Waals surface area (Å²) in [5, 5.41) is 3.38. The van der Waals surface area contributed by atoms with Crippen LogP contribution in [0.4, 0.5) is 10.3 Å². The highest BCUT2D eigenvalue weighted by atomic mass is 19.1. The Labute approximate surface area is 183 Å². The minimum Gasteiger partial charge on any atom is -0.432 e. The standard InChI is InChI=1S/C22H22FN7O2/c23-15-3-1-14(2-4-15)19-20(30-11-12-32-22(30)28-19)17-5-8-25-21(27-17)26-16-6-9-29(10-7-16)18(31)13-24/h1-5,8,11-12,16H,6-7,9-10,13,24H2,(H,25,26,27). The van der Waals surface area contributed by atoms with Gasteiger partial charge in [0.1, 0.15) is 23.5 Å². The first-order chi connectivity index (χ1) is 15.6. The molecule has 0 bridgehead atoms. The van der Waals surface area contributed by atoms with Crippen LogP contribution >= 0.6 is 0 Å². The zero-order chi connectivity index (χ0) is 22.1. The molecule has 1 amide bonds. The number of hydrogen-bond donors (Lipinski definition) is 2. The predicted octanol–water partition coefficient (Wildman–Crippen LogP) is 2.55. The quantitative estimate of drug-likeness (QED) is 0.495. The van der Waals surface area contributed by atoms with E-state index in [4.69, 9.17) is 15.1 Å². The van der Waals surface area contributed by atoms with Crippen molar-refractivity contribution in [2.75, 3.05) is 25.0 Å². The Morgan fingerprint density at radius 2 is 1.97 bits per heavy atom. The maximum atomic E-state index is 13.4. The Bertz CT molecular complexity index is 1240. The van der Waals surface area contributed by atoms with Crippen LogP contribution in [0.5, 0.6) is 0 Å². The number of imidazole rings is 1. The number of fused-ring (bicyclic) bond motifs is 1. The van der Waals surface area contributed by atoms with Gasteiger partial charge in [0.15, 0.2) is 0 Å². The van der Waals surface area contributed by atoms with Crippen LogP contribution in [0.1, 0.15) is 12.8 Å². The number of piperidine rings is 1. The molecule has 0 radical (unpaired) electrons. The minimum atomic E-state index is -0.314. The number of benzene rings is 1. The first kappa shape index (κ1) is 20.1. The summed E-state index contributed by atoms with van der Waals surface area (Å²) in [5.74, 6) is 0.574. The Morgan fingerprint density at radius 1 is 1.19 bits per heavy atom. The number of hydrogen-bond acceptors (Lipinski definition) is 7. The molecular formula is C22H22FN7O2. The number of nitrogens with zero attached hydrogens (tertiary/aromatic N) is 5. The molecule has 0 spiro atoms. The zero-order valence-corrected chi connectivity index (χ0v) is 17.2. The van der Waals surface area contributed by atoms with Gasteiger partial charge in [-0.2, -0.15) is 4.98 Å². The number of aromatic nitrogens is 4. The Kier molecular flexibility index (Phi) is 5.28. The van der Waals surface area contributed by atoms with Gasteiger partial charge in [0, 0.05) is 37.1 Å². The number of anilines is 1. The fourth-order valence-electron chi connectivity index (χ4n) is 3.98. The molecule has 0 unspecified atom stereocenters. The van der Waals surface area contributed by atoms with E-state index < -0.39 is 0 Å². The third kappa shape index (κ3) is 3.80. The van der Waals surface area contributed by atoms with E-state index >= 15 is 0 Å². The molecule has 3 N–H and O–H groups in total. The largest absolute Gasteiger partial charge is 0.432 e. The average molecular weight is 435 g/mol. The topological polar surface area (TPSA) is 115 Å². The lowest BCUT2D eigenvalue weighted by Crippen LogP contribution is -2.44. The third-order valence-corrected chi connectivity index (χ3v) is 5.63. The molecule has 1 saturated heterocycles. The number of carbonyl (C=O) groups excluding carboxylic acids is 1. The van der Waals surface area contributed by atoms with Crippen LogP contribution in [0.25, 0.3) is 28.5 Å². The first-order valence-corrected chi connectivity index (χ1v) is 10.4. The summed E-state index contributed by atoms with van der Waals surface area (Å²) < 4.78 is 20.7. The molecule has 1 aliphatic rings. The van der Waals surface area contributed by atoms with E-state index in [9.17, 15) is 9.18 Å². The maximum absolute atomic E-state index is 13.4. The van der Waals surface area contributed by atoms with Crippen molar-refractivity contribution in [2.45, 2.75) is 18.9 Å². The van der Waals surface area contributed by atoms with Gasteiger partial charge in [-0.05, 0) is 43.2 Å². The molecule has 4 aromatic rings. The van der Waals surface area contributed by atoms with Gasteiger partial charge < -0.3 is 20.4 Å². The van der Waals surface area contributed by atoms with E-state index in [0.29, 0.717) is 36.3 Å². The minimum absolute atomic E-state index is 0.0279. The van der Waals surface area contributed by atoms with Crippen molar-refractivity contribution in [1.82, 2.24) is 24.3 Å². The molecule has 1 aromatic carbocycles. The number of halogens is 1. The molecule has 9 nitrogen and oxygen atoms in total. The van der Waals surface area contributed by atoms with Crippen molar-refractivity contribution < 1.29 is 13.6 Å². The van der Waals surface area contributed by atoms with Gasteiger partial charge in [0.25, 0.3) is 0 Å². The number of likely N-dealkylation sites (tertiary alicyclic amines) is 1. The smallest absolute Gasteiger partial charge is 0.306 e. The van der Waals surface area contributed by atoms with Crippen molar-refractivity contribution in [3.8, 4) is 22.6 Å². The Hall–Kier alpha value is -3.79. The fraction of sp³-hybridized carbons (Fsp3) is 0.273. The number of oxazole rings is 1. The molecule has 5 rings (SSSR count). The molecular weight excluding hydrogens is 413 g/mol. The van der Waals surface area contributed by atoms with Crippen molar-refractivity contribution in [3.63, 3.8) is 0 Å². The summed E-state index contributed by atoms with van der Waals surface area (Å²) in [7, 11) is 0. The van der Waals surface area contributed by atoms with Crippen LogP contribution in [0.2, 0.25) is 0 Å². The van der Waals surface area contributed by atoms with Crippen LogP contribution in [-0.2, 0) is 4.79 Å². The van der Waals surface area contributed by atoms with E-state index in [0.717, 1.165) is 24.1 Å². The van der Waals surface area contributed by atoms with Crippen molar-refractivity contribution in [2.24, 2.45) is 5.73 Å². The van der Waals surface area contributed by atoms with Gasteiger partial charge in [0.2, 0.25) is 11.9 Å². The summed E-state index contributed by atoms with van der Waals surface area (Å²) in [6, 6.07) is 8.11. The molecule has 10 heteroatoms. The second kappa shape index (κ2) is 8.39. The van der Waals surface area contributed by atoms with Crippen LogP contribution in [-0.4, -0.2) is 55.8 Å². The normalized spacial score (nSPS) is 14.8. The van der Waals surface area contributed by atoms with Gasteiger partial charge in [-0.15, -0.1) is 0 Å². The Balaban J connectivity index is 1.43. The van der Waals surface area contributed by atoms with Crippen LogP contribution in [0.15, 0.2) is 53.4 Å². The second-order valence-electron chi connectivity index (χ2n) is 7.64. The molecule has 32 heavy (non-hydrogen) atoms. The van der Waals surface area contributed by atoms with E-state index in [1.807, 2.05) is 4.40 Å². The van der Waals surface area contributed by atoms with Crippen molar-refractivity contribution >= 4 is 17.7 Å². The van der Waals surface area contributed by atoms with Crippen LogP contribution in [0, 0.1) is 5.82 Å². The maximum Gasteiger partial charge on any atom is 0.306 e. The molecule has 0 saturated carbocycles. The van der Waals surface area contributed by atoms with Crippen molar-refractivity contribution in [3.05, 3.63) is 54.8 Å². The summed E-state index contributed by atoms with van der Waals surface area (Å²) in [6.45, 7) is 1.34. The van der Waals surface area contributed by atoms with Crippen LogP contribution < -0.4 is 11.1 Å². The van der Waals surface area contributed by atoms with Crippen LogP contribution in [0.3, 0.4) is 0 Å². The molecule has 3 aromatic heterocycles. The summed E-state index contributed by atoms with van der Waals surface area (Å²) in [4.78, 5) is 27.2. The third-order valence-electron chi connectivity index (χ3n) is 5.63. The molecule has 1 fully saturated rings. The lowest BCUT2D eigenvalue weighted by atomic mass is 10.1. The summed E-state index contributed by atoms with van der Waals surface area (Å²) in [5.41, 5.74) is 8.24. The van der Waals surface area contributed by atoms with E-state index in [-0.39, 0.29) is 24.3 Å². The summed E-state index contributed by atoms with van der Waals surface area (Å²) in [6.07, 6.45) is 6.59. The zero-order valence-electron chi connectivity index (χ0n) is 17.2. The first-order valence-electron chi connectivity index (χ1n) is 10.4. The Morgan fingerprint density at radius 3 is 2.72 bits per heavy atom. The van der Waals surface area contributed by atoms with E-state index in [1.165, 1.54) is 12.1 Å². The lowest BCUT2D eigenvalue weighted by molar-refractivity contribution is -0.130. The number of rotatable bonds is 5. The highest BCUT2D eigenvalue weighted by molar-refractivity contribution is 5.80. The second-order valence-corrected chi connectivity index (χ2v) is 7.64. The van der Waals surface area contributed by atoms with Gasteiger partial charge in [-0.3, -0.25) is 9.20 Å². The SMILES string of the molecule is NCC(=O)N1CCC(Nc2nccc(-c3c(-c4ccc(F)cc4)nc4occn34)n2)CC1. The number of nitrogens with two attached hydrogens (primary N) is 1. The van der Waals surface area contributed by atoms with Gasteiger partial charge >= 0.3 is 5.84 Å². The predicted molar refractivity (Wildman–Crippen MR) is 116 cm³/mol. The molecule has 1 aliphatic heterocycles. The lowest BCUT2D eigenvalue weighted by Gasteiger charge is -2.32. The number of nitrogens with one attached hydrogen (secondary N) is 1. The molecule has 0 aliphatic carbocycles. The van der Waals surface area contributed by atoms with Gasteiger partial charge in [-0.1, -0.05) is 0 Å². The summed E-state index contributed by atoms with van der Waals surface area (Å²) >= 11 is 0. The molecule has 0 atom stereocenters. The number of amides is 1. The van der Waals surface area contributed by atoms with Gasteiger partial charge in [-0.25, -0.2) is 14.4 Å². The highest BCUT2D eigenvalue weighted by Crippen LogP contribution is 2.32. The fourth-order valence-corrected chi connectivity index (χ4v) is 3.98. The van der Waals surface area contributed by atoms with Crippen molar-refractivity contribution in [1.29, 1.82) is 0 Å². The van der Waals surface area contributed by atoms with E-state index in [1.54, 1.807) is 41.8 Å². The number of carbonyl (C=O) groups is 1. The highest BCUT2D eigenvalue weighted by Gasteiger charge is 2.23. The monoisotopic (exact) mass is 435 g/mol. The molecule has 4 heterocycles. The average Bonchev–Trinajstić information content (AvgIpc) is 3.41. The van der Waals surface area contributed by atoms with Gasteiger partial charge in [0.05, 0.1) is 12.2 Å². The molecule has 164 valence electrons.